The van der Waals surface area contributed by atoms with E-state index >= 15 is 0 Å². The summed E-state index contributed by atoms with van der Waals surface area (Å²) >= 11 is 0. The van der Waals surface area contributed by atoms with Gasteiger partial charge in [0.2, 0.25) is 0 Å². The predicted molar refractivity (Wildman–Crippen MR) is 113 cm³/mol. The van der Waals surface area contributed by atoms with Gasteiger partial charge in [-0.05, 0) is 36.4 Å². The molecule has 0 atom stereocenters. The van der Waals surface area contributed by atoms with Crippen LogP contribution in [0.3, 0.4) is 0 Å². The van der Waals surface area contributed by atoms with E-state index in [4.69, 9.17) is 14.7 Å². The summed E-state index contributed by atoms with van der Waals surface area (Å²) in [6.45, 7) is 0. The maximum Gasteiger partial charge on any atom is 0.269 e. The van der Waals surface area contributed by atoms with Gasteiger partial charge in [0.05, 0.1) is 28.8 Å². The summed E-state index contributed by atoms with van der Waals surface area (Å²) in [7, 11) is 1.60. The highest BCUT2D eigenvalue weighted by Crippen LogP contribution is 2.33. The van der Waals surface area contributed by atoms with Crippen LogP contribution in [0.5, 0.6) is 5.75 Å². The van der Waals surface area contributed by atoms with E-state index in [2.05, 4.69) is 4.98 Å². The Balaban J connectivity index is 1.84. The molecular formula is C22H15N5O3. The molecule has 5 aromatic rings. The van der Waals surface area contributed by atoms with Gasteiger partial charge in [0.25, 0.3) is 5.69 Å². The minimum absolute atomic E-state index is 0.0145. The summed E-state index contributed by atoms with van der Waals surface area (Å²) < 4.78 is 7.43. The maximum absolute atomic E-state index is 11.0. The molecule has 30 heavy (non-hydrogen) atoms. The second kappa shape index (κ2) is 6.93. The summed E-state index contributed by atoms with van der Waals surface area (Å²) in [6.07, 6.45) is 0. The Hall–Kier alpha value is -4.33. The molecule has 0 unspecified atom stereocenters. The molecule has 0 aliphatic rings. The molecule has 0 saturated heterocycles. The van der Waals surface area contributed by atoms with Crippen LogP contribution in [0.2, 0.25) is 0 Å². The minimum atomic E-state index is -0.428. The van der Waals surface area contributed by atoms with Crippen LogP contribution in [0.1, 0.15) is 0 Å². The van der Waals surface area contributed by atoms with Crippen molar-refractivity contribution in [3.05, 3.63) is 82.9 Å². The minimum Gasteiger partial charge on any atom is -0.495 e. The Kier molecular flexibility index (Phi) is 4.10. The van der Waals surface area contributed by atoms with Crippen molar-refractivity contribution in [1.29, 1.82) is 0 Å². The third kappa shape index (κ3) is 2.82. The third-order valence-corrected chi connectivity index (χ3v) is 4.83. The topological polar surface area (TPSA) is 96.0 Å². The predicted octanol–water partition coefficient (Wildman–Crippen LogP) is 4.55. The van der Waals surface area contributed by atoms with Crippen molar-refractivity contribution in [1.82, 2.24) is 19.5 Å². The fourth-order valence-corrected chi connectivity index (χ4v) is 3.43. The molecule has 0 radical (unpaired) electrons. The molecule has 0 spiro atoms. The first kappa shape index (κ1) is 17.7. The molecule has 2 heterocycles. The van der Waals surface area contributed by atoms with Crippen LogP contribution >= 0.6 is 0 Å². The monoisotopic (exact) mass is 397 g/mol. The zero-order valence-electron chi connectivity index (χ0n) is 15.9. The van der Waals surface area contributed by atoms with Crippen LogP contribution in [0.25, 0.3) is 39.4 Å². The van der Waals surface area contributed by atoms with Crippen molar-refractivity contribution in [3.63, 3.8) is 0 Å². The molecule has 0 fully saturated rings. The smallest absolute Gasteiger partial charge is 0.269 e. The molecule has 0 bridgehead atoms. The normalized spacial score (nSPS) is 11.1. The van der Waals surface area contributed by atoms with Crippen molar-refractivity contribution < 1.29 is 9.66 Å². The zero-order valence-corrected chi connectivity index (χ0v) is 15.9. The number of ether oxygens (including phenoxy) is 1. The van der Waals surface area contributed by atoms with Crippen LogP contribution in [0, 0.1) is 10.1 Å². The fraction of sp³-hybridized carbons (Fsp3) is 0.0455. The van der Waals surface area contributed by atoms with E-state index < -0.39 is 4.92 Å². The number of rotatable bonds is 4. The average molecular weight is 397 g/mol. The molecule has 8 heteroatoms. The van der Waals surface area contributed by atoms with E-state index in [0.717, 1.165) is 16.7 Å². The molecule has 2 aromatic heterocycles. The van der Waals surface area contributed by atoms with E-state index in [0.29, 0.717) is 28.4 Å². The zero-order chi connectivity index (χ0) is 20.7. The number of nitro benzene ring substituents is 1. The third-order valence-electron chi connectivity index (χ3n) is 4.83. The number of hydrogen-bond acceptors (Lipinski definition) is 6. The van der Waals surface area contributed by atoms with Crippen LogP contribution < -0.4 is 4.74 Å². The molecule has 0 amide bonds. The van der Waals surface area contributed by atoms with E-state index in [1.807, 2.05) is 53.1 Å². The van der Waals surface area contributed by atoms with Crippen molar-refractivity contribution in [3.8, 4) is 22.8 Å². The lowest BCUT2D eigenvalue weighted by molar-refractivity contribution is -0.384. The highest BCUT2D eigenvalue weighted by atomic mass is 16.6. The lowest BCUT2D eigenvalue weighted by atomic mass is 10.2. The van der Waals surface area contributed by atoms with Gasteiger partial charge < -0.3 is 4.74 Å². The number of benzene rings is 3. The van der Waals surface area contributed by atoms with Gasteiger partial charge in [-0.15, -0.1) is 0 Å². The molecule has 146 valence electrons. The standard InChI is InChI=1S/C22H15N5O3/c1-30-19-9-5-4-8-18(19)26-21(14-10-12-15(13-11-14)27(28)29)25-20-22(26)24-17-7-3-2-6-16(17)23-20/h2-13H,1H3. The van der Waals surface area contributed by atoms with Gasteiger partial charge in [0, 0.05) is 17.7 Å². The van der Waals surface area contributed by atoms with Gasteiger partial charge in [-0.2, -0.15) is 0 Å². The largest absolute Gasteiger partial charge is 0.495 e. The van der Waals surface area contributed by atoms with E-state index in [9.17, 15) is 10.1 Å². The van der Waals surface area contributed by atoms with Crippen LogP contribution in [0.15, 0.2) is 72.8 Å². The van der Waals surface area contributed by atoms with Gasteiger partial charge in [0.1, 0.15) is 11.6 Å². The quantitative estimate of drug-likeness (QED) is 0.326. The van der Waals surface area contributed by atoms with Crippen molar-refractivity contribution in [2.24, 2.45) is 0 Å². The van der Waals surface area contributed by atoms with E-state index in [1.165, 1.54) is 12.1 Å². The molecule has 0 N–H and O–H groups in total. The summed E-state index contributed by atoms with van der Waals surface area (Å²) in [5.41, 5.74) is 4.01. The molecular weight excluding hydrogens is 382 g/mol. The molecule has 0 saturated carbocycles. The number of nitrogens with zero attached hydrogens (tertiary/aromatic N) is 5. The van der Waals surface area contributed by atoms with Gasteiger partial charge >= 0.3 is 0 Å². The molecule has 3 aromatic carbocycles. The lowest BCUT2D eigenvalue weighted by Crippen LogP contribution is -2.02. The second-order valence-corrected chi connectivity index (χ2v) is 6.61. The molecule has 8 nitrogen and oxygen atoms in total. The first-order valence-electron chi connectivity index (χ1n) is 9.19. The molecule has 5 rings (SSSR count). The fourth-order valence-electron chi connectivity index (χ4n) is 3.43. The highest BCUT2D eigenvalue weighted by molar-refractivity contribution is 5.86. The number of non-ortho nitro benzene ring substituents is 1. The van der Waals surface area contributed by atoms with Gasteiger partial charge in [-0.1, -0.05) is 24.3 Å². The Morgan fingerprint density at radius 2 is 1.53 bits per heavy atom. The Morgan fingerprint density at radius 1 is 0.867 bits per heavy atom. The van der Waals surface area contributed by atoms with E-state index in [-0.39, 0.29) is 5.69 Å². The number of aromatic nitrogens is 4. The van der Waals surface area contributed by atoms with Gasteiger partial charge in [-0.25, -0.2) is 15.0 Å². The van der Waals surface area contributed by atoms with Crippen molar-refractivity contribution in [2.75, 3.05) is 7.11 Å². The first-order valence-corrected chi connectivity index (χ1v) is 9.19. The highest BCUT2D eigenvalue weighted by Gasteiger charge is 2.20. The molecule has 0 aliphatic heterocycles. The number of para-hydroxylation sites is 4. The SMILES string of the molecule is COc1ccccc1-n1c(-c2ccc([N+](=O)[O-])cc2)nc2nc3ccccc3nc21. The average Bonchev–Trinajstić information content (AvgIpc) is 3.15. The number of imidazole rings is 1. The maximum atomic E-state index is 11.0. The summed E-state index contributed by atoms with van der Waals surface area (Å²) in [6, 6.07) is 21.4. The van der Waals surface area contributed by atoms with Gasteiger partial charge in [-0.3, -0.25) is 14.7 Å². The Labute approximate surface area is 170 Å². The van der Waals surface area contributed by atoms with Crippen molar-refractivity contribution >= 4 is 28.0 Å². The lowest BCUT2D eigenvalue weighted by Gasteiger charge is -2.12. The summed E-state index contributed by atoms with van der Waals surface area (Å²) in [5, 5.41) is 11.0. The number of nitro groups is 1. The molecule has 0 aliphatic carbocycles. The van der Waals surface area contributed by atoms with Crippen LogP contribution in [0.4, 0.5) is 5.69 Å². The van der Waals surface area contributed by atoms with Crippen molar-refractivity contribution in [2.45, 2.75) is 0 Å². The Morgan fingerprint density at radius 3 is 2.23 bits per heavy atom. The first-order chi connectivity index (χ1) is 14.7. The summed E-state index contributed by atoms with van der Waals surface area (Å²) in [4.78, 5) is 24.8. The Bertz CT molecular complexity index is 1410. The number of methoxy groups -OCH3 is 1. The number of fused-ring (bicyclic) bond motifs is 2. The van der Waals surface area contributed by atoms with Crippen LogP contribution in [-0.4, -0.2) is 31.6 Å². The van der Waals surface area contributed by atoms with E-state index in [1.54, 1.807) is 19.2 Å². The van der Waals surface area contributed by atoms with Crippen LogP contribution in [-0.2, 0) is 0 Å². The van der Waals surface area contributed by atoms with Gasteiger partial charge in [0.15, 0.2) is 11.3 Å². The number of hydrogen-bond donors (Lipinski definition) is 0. The second-order valence-electron chi connectivity index (χ2n) is 6.61. The summed E-state index contributed by atoms with van der Waals surface area (Å²) in [5.74, 6) is 1.22.